The summed E-state index contributed by atoms with van der Waals surface area (Å²) in [6, 6.07) is 9.64. The van der Waals surface area contributed by atoms with Crippen LogP contribution >= 0.6 is 0 Å². The van der Waals surface area contributed by atoms with Gasteiger partial charge in [0.25, 0.3) is 0 Å². The average Bonchev–Trinajstić information content (AvgIpc) is 3.11. The lowest BCUT2D eigenvalue weighted by atomic mass is 9.97. The Balaban J connectivity index is 1.54. The van der Waals surface area contributed by atoms with Gasteiger partial charge in [-0.2, -0.15) is 0 Å². The maximum absolute atomic E-state index is 12.1. The molecule has 2 aliphatic rings. The van der Waals surface area contributed by atoms with Crippen LogP contribution in [-0.2, 0) is 9.47 Å². The number of anilines is 1. The molecule has 126 valence electrons. The van der Waals surface area contributed by atoms with Gasteiger partial charge in [0.05, 0.1) is 19.8 Å². The molecule has 2 saturated heterocycles. The second kappa shape index (κ2) is 8.29. The summed E-state index contributed by atoms with van der Waals surface area (Å²) in [5, 5.41) is 5.88. The van der Waals surface area contributed by atoms with E-state index in [9.17, 15) is 4.79 Å². The smallest absolute Gasteiger partial charge is 0.319 e. The number of carbonyl (C=O) groups excluding carboxylic acids is 1. The quantitative estimate of drug-likeness (QED) is 0.864. The van der Waals surface area contributed by atoms with Gasteiger partial charge in [-0.3, -0.25) is 4.90 Å². The van der Waals surface area contributed by atoms with Gasteiger partial charge in [0.2, 0.25) is 0 Å². The molecule has 0 aromatic heterocycles. The van der Waals surface area contributed by atoms with Gasteiger partial charge < -0.3 is 20.1 Å². The van der Waals surface area contributed by atoms with Crippen molar-refractivity contribution in [2.45, 2.75) is 12.5 Å². The zero-order valence-corrected chi connectivity index (χ0v) is 13.4. The van der Waals surface area contributed by atoms with E-state index < -0.39 is 0 Å². The molecule has 6 nitrogen and oxygen atoms in total. The largest absolute Gasteiger partial charge is 0.381 e. The second-order valence-electron chi connectivity index (χ2n) is 6.04. The predicted octanol–water partition coefficient (Wildman–Crippen LogP) is 1.55. The van der Waals surface area contributed by atoms with Crippen LogP contribution in [0.2, 0.25) is 0 Å². The van der Waals surface area contributed by atoms with E-state index in [2.05, 4.69) is 15.5 Å². The Kier molecular flexibility index (Phi) is 5.85. The van der Waals surface area contributed by atoms with Crippen molar-refractivity contribution in [2.24, 2.45) is 5.92 Å². The number of hydrogen-bond donors (Lipinski definition) is 2. The van der Waals surface area contributed by atoms with Crippen molar-refractivity contribution in [1.29, 1.82) is 0 Å². The number of rotatable bonds is 5. The minimum absolute atomic E-state index is 0.159. The van der Waals surface area contributed by atoms with E-state index >= 15 is 0 Å². The van der Waals surface area contributed by atoms with E-state index in [1.54, 1.807) is 0 Å². The Bertz CT molecular complexity index is 485. The zero-order chi connectivity index (χ0) is 15.9. The fourth-order valence-electron chi connectivity index (χ4n) is 3.25. The lowest BCUT2D eigenvalue weighted by Gasteiger charge is -2.37. The summed E-state index contributed by atoms with van der Waals surface area (Å²) in [6.07, 6.45) is 1.06. The third-order valence-electron chi connectivity index (χ3n) is 4.53. The molecule has 1 aromatic carbocycles. The summed E-state index contributed by atoms with van der Waals surface area (Å²) in [7, 11) is 0. The lowest BCUT2D eigenvalue weighted by molar-refractivity contribution is 0.00222. The number of nitrogens with zero attached hydrogens (tertiary/aromatic N) is 1. The van der Waals surface area contributed by atoms with Gasteiger partial charge >= 0.3 is 6.03 Å². The number of hydrogen-bond acceptors (Lipinski definition) is 4. The number of amides is 2. The molecule has 2 aliphatic heterocycles. The molecule has 2 heterocycles. The molecule has 1 aromatic rings. The van der Waals surface area contributed by atoms with Gasteiger partial charge in [-0.05, 0) is 18.6 Å². The van der Waals surface area contributed by atoms with Crippen LogP contribution in [0, 0.1) is 5.92 Å². The van der Waals surface area contributed by atoms with Crippen LogP contribution in [-0.4, -0.2) is 63.0 Å². The average molecular weight is 319 g/mol. The lowest BCUT2D eigenvalue weighted by Crippen LogP contribution is -2.52. The van der Waals surface area contributed by atoms with Crippen LogP contribution in [0.4, 0.5) is 10.5 Å². The number of carbonyl (C=O) groups is 1. The van der Waals surface area contributed by atoms with Crippen LogP contribution in [0.1, 0.15) is 6.42 Å². The maximum Gasteiger partial charge on any atom is 0.319 e. The third kappa shape index (κ3) is 4.67. The molecule has 2 atom stereocenters. The van der Waals surface area contributed by atoms with E-state index in [1.807, 2.05) is 30.3 Å². The molecule has 2 amide bonds. The number of ether oxygens (including phenoxy) is 2. The van der Waals surface area contributed by atoms with Gasteiger partial charge in [0.1, 0.15) is 0 Å². The minimum atomic E-state index is -0.159. The Morgan fingerprint density at radius 2 is 1.96 bits per heavy atom. The topological polar surface area (TPSA) is 62.8 Å². The highest BCUT2D eigenvalue weighted by molar-refractivity contribution is 5.89. The Morgan fingerprint density at radius 1 is 1.17 bits per heavy atom. The van der Waals surface area contributed by atoms with E-state index in [1.165, 1.54) is 0 Å². The van der Waals surface area contributed by atoms with Gasteiger partial charge in [-0.25, -0.2) is 4.79 Å². The fraction of sp³-hybridized carbons (Fsp3) is 0.588. The van der Waals surface area contributed by atoms with Gasteiger partial charge in [-0.1, -0.05) is 18.2 Å². The Labute approximate surface area is 137 Å². The van der Waals surface area contributed by atoms with E-state index in [4.69, 9.17) is 9.47 Å². The molecule has 0 radical (unpaired) electrons. The summed E-state index contributed by atoms with van der Waals surface area (Å²) in [4.78, 5) is 14.5. The van der Waals surface area contributed by atoms with Crippen molar-refractivity contribution in [2.75, 3.05) is 51.4 Å². The minimum Gasteiger partial charge on any atom is -0.381 e. The van der Waals surface area contributed by atoms with Gasteiger partial charge in [0, 0.05) is 43.9 Å². The van der Waals surface area contributed by atoms with Gasteiger partial charge in [-0.15, -0.1) is 0 Å². The maximum atomic E-state index is 12.1. The third-order valence-corrected chi connectivity index (χ3v) is 4.53. The van der Waals surface area contributed by atoms with E-state index in [-0.39, 0.29) is 6.03 Å². The molecular weight excluding hydrogens is 294 g/mol. The first-order chi connectivity index (χ1) is 11.3. The van der Waals surface area contributed by atoms with Crippen LogP contribution in [0.3, 0.4) is 0 Å². The Hall–Kier alpha value is -1.63. The van der Waals surface area contributed by atoms with E-state index in [0.717, 1.165) is 51.6 Å². The molecule has 2 fully saturated rings. The Morgan fingerprint density at radius 3 is 2.65 bits per heavy atom. The second-order valence-corrected chi connectivity index (χ2v) is 6.04. The van der Waals surface area contributed by atoms with Gasteiger partial charge in [0.15, 0.2) is 0 Å². The zero-order valence-electron chi connectivity index (χ0n) is 13.4. The van der Waals surface area contributed by atoms with Crippen molar-refractivity contribution in [3.05, 3.63) is 30.3 Å². The summed E-state index contributed by atoms with van der Waals surface area (Å²) >= 11 is 0. The van der Waals surface area contributed by atoms with Crippen molar-refractivity contribution >= 4 is 11.7 Å². The predicted molar refractivity (Wildman–Crippen MR) is 88.6 cm³/mol. The molecule has 2 N–H and O–H groups in total. The normalized spacial score (nSPS) is 23.4. The number of nitrogens with one attached hydrogen (secondary N) is 2. The molecule has 2 unspecified atom stereocenters. The standard InChI is InChI=1S/C17H25N3O3/c21-17(19-15-4-2-1-3-5-15)18-12-16(14-6-9-23-13-14)20-7-10-22-11-8-20/h1-5,14,16H,6-13H2,(H2,18,19,21). The number of benzene rings is 1. The molecule has 23 heavy (non-hydrogen) atoms. The highest BCUT2D eigenvalue weighted by Gasteiger charge is 2.31. The molecule has 0 saturated carbocycles. The monoisotopic (exact) mass is 319 g/mol. The number of morpholine rings is 1. The van der Waals surface area contributed by atoms with Crippen LogP contribution in [0.15, 0.2) is 30.3 Å². The molecule has 0 bridgehead atoms. The summed E-state index contributed by atoms with van der Waals surface area (Å²) in [5.74, 6) is 0.477. The summed E-state index contributed by atoms with van der Waals surface area (Å²) < 4.78 is 11.0. The SMILES string of the molecule is O=C(NCC(C1CCOC1)N1CCOCC1)Nc1ccccc1. The highest BCUT2D eigenvalue weighted by atomic mass is 16.5. The van der Waals surface area contributed by atoms with E-state index in [0.29, 0.717) is 18.5 Å². The summed E-state index contributed by atoms with van der Waals surface area (Å²) in [6.45, 7) is 5.60. The van der Waals surface area contributed by atoms with Crippen molar-refractivity contribution in [1.82, 2.24) is 10.2 Å². The first-order valence-electron chi connectivity index (χ1n) is 8.32. The first kappa shape index (κ1) is 16.2. The fourth-order valence-corrected chi connectivity index (χ4v) is 3.25. The summed E-state index contributed by atoms with van der Waals surface area (Å²) in [5.41, 5.74) is 0.803. The van der Waals surface area contributed by atoms with Crippen molar-refractivity contribution in [3.63, 3.8) is 0 Å². The van der Waals surface area contributed by atoms with Crippen LogP contribution in [0.25, 0.3) is 0 Å². The number of para-hydroxylation sites is 1. The molecule has 0 spiro atoms. The first-order valence-corrected chi connectivity index (χ1v) is 8.32. The van der Waals surface area contributed by atoms with Crippen molar-refractivity contribution < 1.29 is 14.3 Å². The highest BCUT2D eigenvalue weighted by Crippen LogP contribution is 2.21. The molecular formula is C17H25N3O3. The molecule has 3 rings (SSSR count). The van der Waals surface area contributed by atoms with Crippen molar-refractivity contribution in [3.8, 4) is 0 Å². The molecule has 0 aliphatic carbocycles. The molecule has 6 heteroatoms. The number of urea groups is 1. The van der Waals surface area contributed by atoms with Crippen LogP contribution in [0.5, 0.6) is 0 Å². The van der Waals surface area contributed by atoms with Crippen LogP contribution < -0.4 is 10.6 Å².